The smallest absolute Gasteiger partial charge is 0.357 e. The summed E-state index contributed by atoms with van der Waals surface area (Å²) in [6.07, 6.45) is 1.87. The van der Waals surface area contributed by atoms with Gasteiger partial charge in [-0.2, -0.15) is 0 Å². The molecule has 27 heavy (non-hydrogen) atoms. The van der Waals surface area contributed by atoms with Crippen molar-refractivity contribution in [3.8, 4) is 0 Å². The molecule has 1 aromatic heterocycles. The van der Waals surface area contributed by atoms with Gasteiger partial charge in [0.2, 0.25) is 5.91 Å². The normalized spacial score (nSPS) is 12.1. The number of hydrogen-bond donors (Lipinski definition) is 2. The fraction of sp³-hybridized carbons (Fsp3) is 0.750. The Morgan fingerprint density at radius 3 is 2.33 bits per heavy atom. The predicted octanol–water partition coefficient (Wildman–Crippen LogP) is 4.74. The molecule has 2 unspecified atom stereocenters. The molecular weight excluding hydrogens is 364 g/mol. The average Bonchev–Trinajstić information content (AvgIpc) is 3.18. The molecule has 0 radical (unpaired) electrons. The maximum Gasteiger partial charge on any atom is 0.357 e. The molecule has 0 saturated heterocycles. The lowest BCUT2D eigenvalue weighted by atomic mass is 9.97. The Morgan fingerprint density at radius 2 is 1.85 bits per heavy atom. The summed E-state index contributed by atoms with van der Waals surface area (Å²) in [5, 5.41) is 15.3. The Kier molecular flexibility index (Phi) is 17.1. The number of carbonyl (C=O) groups excluding carboxylic acids is 2. The van der Waals surface area contributed by atoms with Crippen LogP contribution in [0.2, 0.25) is 0 Å². The van der Waals surface area contributed by atoms with Crippen molar-refractivity contribution in [3.63, 3.8) is 0 Å². The van der Waals surface area contributed by atoms with Crippen LogP contribution in [0.5, 0.6) is 0 Å². The largest absolute Gasteiger partial charge is 0.464 e. The number of unbranched alkanes of at least 4 members (excludes halogenated alkanes) is 1. The summed E-state index contributed by atoms with van der Waals surface area (Å²) in [6.45, 7) is 14.0. The highest BCUT2D eigenvalue weighted by molar-refractivity contribution is 7.09. The minimum Gasteiger partial charge on any atom is -0.464 e. The summed E-state index contributed by atoms with van der Waals surface area (Å²) >= 11 is 1.21. The lowest BCUT2D eigenvalue weighted by Crippen LogP contribution is -2.39. The number of aromatic nitrogens is 1. The number of hydrogen-bond acceptors (Lipinski definition) is 6. The average molecular weight is 403 g/mol. The molecule has 1 rings (SSSR count). The second kappa shape index (κ2) is 16.7. The van der Waals surface area contributed by atoms with E-state index in [1.165, 1.54) is 18.4 Å². The molecule has 2 atom stereocenters. The molecular formula is C20H38N2O4S. The van der Waals surface area contributed by atoms with Crippen molar-refractivity contribution in [2.45, 2.75) is 86.3 Å². The van der Waals surface area contributed by atoms with E-state index < -0.39 is 12.1 Å². The zero-order valence-electron chi connectivity index (χ0n) is 18.2. The highest BCUT2D eigenvalue weighted by Crippen LogP contribution is 2.25. The van der Waals surface area contributed by atoms with E-state index in [1.807, 2.05) is 48.5 Å². The molecule has 0 aliphatic heterocycles. The number of nitrogens with one attached hydrogen (secondary N) is 1. The van der Waals surface area contributed by atoms with Crippen molar-refractivity contribution < 1.29 is 19.4 Å². The van der Waals surface area contributed by atoms with Crippen molar-refractivity contribution >= 4 is 23.2 Å². The fourth-order valence-electron chi connectivity index (χ4n) is 2.09. The van der Waals surface area contributed by atoms with E-state index in [0.29, 0.717) is 17.8 Å². The van der Waals surface area contributed by atoms with Gasteiger partial charge in [0.05, 0.1) is 7.11 Å². The molecule has 1 aromatic rings. The van der Waals surface area contributed by atoms with Gasteiger partial charge in [-0.05, 0) is 12.3 Å². The number of rotatable bonds is 9. The van der Waals surface area contributed by atoms with Crippen LogP contribution in [-0.2, 0) is 9.53 Å². The summed E-state index contributed by atoms with van der Waals surface area (Å²) in [5.74, 6) is -0.324. The minimum atomic E-state index is -0.822. The molecule has 0 fully saturated rings. The van der Waals surface area contributed by atoms with E-state index in [0.717, 1.165) is 12.8 Å². The Bertz CT molecular complexity index is 518. The first-order valence-corrected chi connectivity index (χ1v) is 10.8. The third-order valence-corrected chi connectivity index (χ3v) is 4.53. The molecule has 1 amide bonds. The van der Waals surface area contributed by atoms with Crippen LogP contribution in [0.15, 0.2) is 5.38 Å². The van der Waals surface area contributed by atoms with Gasteiger partial charge in [-0.25, -0.2) is 9.78 Å². The zero-order valence-corrected chi connectivity index (χ0v) is 19.0. The van der Waals surface area contributed by atoms with Crippen molar-refractivity contribution in [1.29, 1.82) is 0 Å². The number of ether oxygens (including phenoxy) is 1. The summed E-state index contributed by atoms with van der Waals surface area (Å²) < 4.78 is 4.61. The molecule has 0 aromatic carbocycles. The van der Waals surface area contributed by atoms with Gasteiger partial charge in [-0.15, -0.1) is 11.3 Å². The molecule has 1 heterocycles. The van der Waals surface area contributed by atoms with Gasteiger partial charge in [0, 0.05) is 24.3 Å². The first-order chi connectivity index (χ1) is 12.9. The third kappa shape index (κ3) is 11.1. The van der Waals surface area contributed by atoms with Crippen molar-refractivity contribution in [1.82, 2.24) is 10.3 Å². The lowest BCUT2D eigenvalue weighted by molar-refractivity contribution is -0.122. The molecule has 0 saturated carbocycles. The van der Waals surface area contributed by atoms with Crippen LogP contribution >= 0.6 is 11.3 Å². The van der Waals surface area contributed by atoms with Crippen LogP contribution in [0.1, 0.15) is 95.7 Å². The summed E-state index contributed by atoms with van der Waals surface area (Å²) in [7, 11) is 1.29. The molecule has 2 N–H and O–H groups in total. The van der Waals surface area contributed by atoms with Crippen molar-refractivity contribution in [3.05, 3.63) is 16.1 Å². The molecule has 6 nitrogen and oxygen atoms in total. The Hall–Kier alpha value is -1.47. The molecule has 0 aliphatic carbocycles. The maximum absolute atomic E-state index is 11.9. The standard InChI is InChI=1S/C16H26N2O4S.2C2H6/c1-5-6-7-14(20)17-11(10(2)3)8-13(19)15-18-12(9-23-15)16(21)22-4;2*1-2/h9-11,13,19H,5-8H2,1-4H3,(H,17,20);2*1-2H3. The van der Waals surface area contributed by atoms with Gasteiger partial charge in [0.15, 0.2) is 5.69 Å². The highest BCUT2D eigenvalue weighted by atomic mass is 32.1. The third-order valence-electron chi connectivity index (χ3n) is 3.59. The predicted molar refractivity (Wildman–Crippen MR) is 112 cm³/mol. The van der Waals surface area contributed by atoms with Crippen LogP contribution in [0, 0.1) is 5.92 Å². The number of thiazole rings is 1. The second-order valence-electron chi connectivity index (χ2n) is 5.84. The van der Waals surface area contributed by atoms with Crippen molar-refractivity contribution in [2.75, 3.05) is 7.11 Å². The number of aliphatic hydroxyl groups is 1. The minimum absolute atomic E-state index is 0.00661. The van der Waals surface area contributed by atoms with Crippen LogP contribution in [0.25, 0.3) is 0 Å². The van der Waals surface area contributed by atoms with Gasteiger partial charge in [-0.1, -0.05) is 54.9 Å². The fourth-order valence-corrected chi connectivity index (χ4v) is 2.88. The molecule has 0 spiro atoms. The first kappa shape index (κ1) is 27.7. The number of amides is 1. The molecule has 0 aliphatic rings. The van der Waals surface area contributed by atoms with Crippen LogP contribution < -0.4 is 5.32 Å². The molecule has 7 heteroatoms. The van der Waals surface area contributed by atoms with Crippen LogP contribution in [0.4, 0.5) is 0 Å². The number of methoxy groups -OCH3 is 1. The number of aliphatic hydroxyl groups excluding tert-OH is 1. The number of nitrogens with zero attached hydrogens (tertiary/aromatic N) is 1. The SMILES string of the molecule is CC.CC.CCCCC(=O)NC(CC(O)c1nc(C(=O)OC)cs1)C(C)C. The van der Waals surface area contributed by atoms with Gasteiger partial charge in [0.25, 0.3) is 0 Å². The van der Waals surface area contributed by atoms with E-state index in [1.54, 1.807) is 5.38 Å². The summed E-state index contributed by atoms with van der Waals surface area (Å²) in [4.78, 5) is 27.4. The Morgan fingerprint density at radius 1 is 1.26 bits per heavy atom. The van der Waals surface area contributed by atoms with E-state index in [2.05, 4.69) is 15.0 Å². The number of esters is 1. The lowest BCUT2D eigenvalue weighted by Gasteiger charge is -2.24. The monoisotopic (exact) mass is 402 g/mol. The van der Waals surface area contributed by atoms with Gasteiger partial charge >= 0.3 is 5.97 Å². The van der Waals surface area contributed by atoms with Gasteiger partial charge < -0.3 is 15.2 Å². The summed E-state index contributed by atoms with van der Waals surface area (Å²) in [5.41, 5.74) is 0.194. The molecule has 158 valence electrons. The Labute approximate surface area is 168 Å². The van der Waals surface area contributed by atoms with E-state index in [-0.39, 0.29) is 23.6 Å². The Balaban J connectivity index is 0. The van der Waals surface area contributed by atoms with Gasteiger partial charge in [0.1, 0.15) is 11.1 Å². The summed E-state index contributed by atoms with van der Waals surface area (Å²) in [6, 6.07) is -0.139. The van der Waals surface area contributed by atoms with Crippen molar-refractivity contribution in [2.24, 2.45) is 5.92 Å². The van der Waals surface area contributed by atoms with Crippen LogP contribution in [-0.4, -0.2) is 35.1 Å². The van der Waals surface area contributed by atoms with Gasteiger partial charge in [-0.3, -0.25) is 4.79 Å². The second-order valence-corrected chi connectivity index (χ2v) is 6.73. The zero-order chi connectivity index (χ0) is 21.4. The number of carbonyl (C=O) groups is 2. The van der Waals surface area contributed by atoms with E-state index in [9.17, 15) is 14.7 Å². The van der Waals surface area contributed by atoms with E-state index >= 15 is 0 Å². The maximum atomic E-state index is 11.9. The van der Waals surface area contributed by atoms with Crippen LogP contribution in [0.3, 0.4) is 0 Å². The quantitative estimate of drug-likeness (QED) is 0.583. The van der Waals surface area contributed by atoms with E-state index in [4.69, 9.17) is 0 Å². The molecule has 0 bridgehead atoms. The highest BCUT2D eigenvalue weighted by Gasteiger charge is 2.23. The topological polar surface area (TPSA) is 88.5 Å². The first-order valence-electron chi connectivity index (χ1n) is 9.90.